The van der Waals surface area contributed by atoms with Gasteiger partial charge in [-0.15, -0.1) is 0 Å². The van der Waals surface area contributed by atoms with E-state index in [0.717, 1.165) is 41.5 Å². The molecule has 0 fully saturated rings. The second-order valence-electron chi connectivity index (χ2n) is 12.6. The molecule has 10 heteroatoms. The van der Waals surface area contributed by atoms with Crippen LogP contribution in [0.1, 0.15) is 62.5 Å². The van der Waals surface area contributed by atoms with E-state index in [9.17, 15) is 23.5 Å². The van der Waals surface area contributed by atoms with Gasteiger partial charge < -0.3 is 21.1 Å². The maximum atomic E-state index is 14.3. The Morgan fingerprint density at radius 3 is 2.30 bits per heavy atom. The van der Waals surface area contributed by atoms with Gasteiger partial charge in [0.2, 0.25) is 11.8 Å². The van der Waals surface area contributed by atoms with Gasteiger partial charge in [0.25, 0.3) is 0 Å². The number of amides is 2. The Hall–Kier alpha value is -4.15. The number of rotatable bonds is 15. The molecule has 1 aromatic heterocycles. The number of benzene rings is 2. The summed E-state index contributed by atoms with van der Waals surface area (Å²) in [5.41, 5.74) is 9.68. The van der Waals surface area contributed by atoms with Gasteiger partial charge in [0, 0.05) is 55.0 Å². The van der Waals surface area contributed by atoms with E-state index in [2.05, 4.69) is 5.32 Å². The lowest BCUT2D eigenvalue weighted by atomic mass is 9.63. The largest absolute Gasteiger partial charge is 0.391 e. The van der Waals surface area contributed by atoms with Crippen molar-refractivity contribution in [3.8, 4) is 5.69 Å². The van der Waals surface area contributed by atoms with Crippen LogP contribution in [0.5, 0.6) is 0 Å². The minimum atomic E-state index is -1.50. The highest BCUT2D eigenvalue weighted by molar-refractivity contribution is 5.97. The van der Waals surface area contributed by atoms with Gasteiger partial charge in [-0.1, -0.05) is 49.8 Å². The van der Waals surface area contributed by atoms with Crippen LogP contribution in [0.25, 0.3) is 5.69 Å². The highest BCUT2D eigenvalue weighted by atomic mass is 19.1. The van der Waals surface area contributed by atoms with Gasteiger partial charge in [0.1, 0.15) is 11.6 Å². The van der Waals surface area contributed by atoms with Crippen molar-refractivity contribution in [3.05, 3.63) is 106 Å². The Labute approximate surface area is 276 Å². The third kappa shape index (κ3) is 8.23. The maximum absolute atomic E-state index is 14.3. The van der Waals surface area contributed by atoms with Gasteiger partial charge in [0.15, 0.2) is 0 Å². The summed E-state index contributed by atoms with van der Waals surface area (Å²) in [4.78, 5) is 29.1. The van der Waals surface area contributed by atoms with E-state index in [-0.39, 0.29) is 30.9 Å². The standard InChI is InChI=1S/C37H47F2N5O3/c1-6-13-43(14-7-2)35(46)28-15-24(3)20-37(21-28,36(40)47)33(18-27-16-29(38)19-30(39)17-27)34(45)23-41-22-32-25(4)42-44(26(32)5)31-11-9-8-10-12-31/h8-12,15-17,19-20,33-34,41,45H,6-7,13-14,18,21-23H2,1-5H3,(H2,40,47)/t33-,34+,37?/m1/s1. The molecule has 3 atom stereocenters. The molecular formula is C37H47F2N5O3. The predicted octanol–water partition coefficient (Wildman–Crippen LogP) is 5.47. The van der Waals surface area contributed by atoms with E-state index in [0.29, 0.717) is 30.8 Å². The maximum Gasteiger partial charge on any atom is 0.249 e. The molecule has 0 saturated heterocycles. The topological polar surface area (TPSA) is 113 Å². The number of carbonyl (C=O) groups is 2. The third-order valence-electron chi connectivity index (χ3n) is 8.98. The van der Waals surface area contributed by atoms with Crippen molar-refractivity contribution in [3.63, 3.8) is 0 Å². The predicted molar refractivity (Wildman–Crippen MR) is 180 cm³/mol. The Kier molecular flexibility index (Phi) is 11.9. The number of para-hydroxylation sites is 1. The molecule has 0 radical (unpaired) electrons. The van der Waals surface area contributed by atoms with E-state index in [4.69, 9.17) is 10.8 Å². The minimum Gasteiger partial charge on any atom is -0.391 e. The first kappa shape index (κ1) is 35.7. The lowest BCUT2D eigenvalue weighted by Gasteiger charge is -2.42. The SMILES string of the molecule is CCCN(CCC)C(=O)C1=CC(C)=CC(C(N)=O)([C@H](Cc2cc(F)cc(F)c2)[C@@H](O)CNCc2c(C)nn(-c3ccccc3)c2C)C1. The van der Waals surface area contributed by atoms with Crippen LogP contribution in [0.15, 0.2) is 71.8 Å². The number of hydrogen-bond acceptors (Lipinski definition) is 5. The average molecular weight is 648 g/mol. The van der Waals surface area contributed by atoms with Crippen LogP contribution in [0.4, 0.5) is 8.78 Å². The molecule has 2 aromatic carbocycles. The zero-order chi connectivity index (χ0) is 34.3. The van der Waals surface area contributed by atoms with Crippen molar-refractivity contribution in [1.82, 2.24) is 20.0 Å². The number of nitrogens with two attached hydrogens (primary N) is 1. The summed E-state index contributed by atoms with van der Waals surface area (Å²) in [7, 11) is 0. The molecule has 1 heterocycles. The van der Waals surface area contributed by atoms with E-state index in [1.807, 2.05) is 62.7 Å². The molecule has 4 rings (SSSR count). The summed E-state index contributed by atoms with van der Waals surface area (Å²) < 4.78 is 30.6. The summed E-state index contributed by atoms with van der Waals surface area (Å²) in [6, 6.07) is 12.9. The summed E-state index contributed by atoms with van der Waals surface area (Å²) in [5.74, 6) is -3.34. The number of halogens is 2. The van der Waals surface area contributed by atoms with Crippen molar-refractivity contribution in [2.75, 3.05) is 19.6 Å². The summed E-state index contributed by atoms with van der Waals surface area (Å²) in [6.07, 6.45) is 3.75. The fourth-order valence-electron chi connectivity index (χ4n) is 6.80. The number of aromatic nitrogens is 2. The fourth-order valence-corrected chi connectivity index (χ4v) is 6.80. The molecule has 47 heavy (non-hydrogen) atoms. The summed E-state index contributed by atoms with van der Waals surface area (Å²) >= 11 is 0. The van der Waals surface area contributed by atoms with Crippen molar-refractivity contribution < 1.29 is 23.5 Å². The first-order valence-electron chi connectivity index (χ1n) is 16.3. The number of carbonyl (C=O) groups excluding carboxylic acids is 2. The van der Waals surface area contributed by atoms with Crippen LogP contribution in [-0.4, -0.2) is 57.3 Å². The third-order valence-corrected chi connectivity index (χ3v) is 8.98. The van der Waals surface area contributed by atoms with Gasteiger partial charge in [-0.2, -0.15) is 5.10 Å². The monoisotopic (exact) mass is 647 g/mol. The molecular weight excluding hydrogens is 600 g/mol. The molecule has 4 N–H and O–H groups in total. The number of nitrogens with zero attached hydrogens (tertiary/aromatic N) is 3. The molecule has 0 aliphatic heterocycles. The lowest BCUT2D eigenvalue weighted by Crippen LogP contribution is -2.51. The zero-order valence-electron chi connectivity index (χ0n) is 28.0. The van der Waals surface area contributed by atoms with Gasteiger partial charge in [-0.25, -0.2) is 13.5 Å². The van der Waals surface area contributed by atoms with Crippen LogP contribution in [0.2, 0.25) is 0 Å². The number of hydrogen-bond donors (Lipinski definition) is 3. The normalized spacial score (nSPS) is 17.5. The molecule has 0 saturated carbocycles. The smallest absolute Gasteiger partial charge is 0.249 e. The van der Waals surface area contributed by atoms with Crippen molar-refractivity contribution >= 4 is 11.8 Å². The van der Waals surface area contributed by atoms with Crippen molar-refractivity contribution in [2.24, 2.45) is 17.1 Å². The summed E-state index contributed by atoms with van der Waals surface area (Å²) in [6.45, 7) is 11.2. The highest BCUT2D eigenvalue weighted by Gasteiger charge is 2.48. The van der Waals surface area contributed by atoms with Gasteiger partial charge >= 0.3 is 0 Å². The van der Waals surface area contributed by atoms with Crippen LogP contribution < -0.4 is 11.1 Å². The Morgan fingerprint density at radius 2 is 1.70 bits per heavy atom. The molecule has 1 unspecified atom stereocenters. The van der Waals surface area contributed by atoms with Gasteiger partial charge in [0.05, 0.1) is 22.9 Å². The molecule has 252 valence electrons. The quantitative estimate of drug-likeness (QED) is 0.203. The number of allylic oxidation sites excluding steroid dienone is 2. The van der Waals surface area contributed by atoms with Crippen molar-refractivity contribution in [2.45, 2.75) is 73.0 Å². The second kappa shape index (κ2) is 15.6. The zero-order valence-corrected chi connectivity index (χ0v) is 28.0. The number of primary amides is 1. The number of nitrogens with one attached hydrogen (secondary N) is 1. The molecule has 8 nitrogen and oxygen atoms in total. The van der Waals surface area contributed by atoms with Crippen LogP contribution >= 0.6 is 0 Å². The van der Waals surface area contributed by atoms with Crippen LogP contribution in [0, 0.1) is 36.8 Å². The van der Waals surface area contributed by atoms with Crippen LogP contribution in [-0.2, 0) is 22.6 Å². The highest BCUT2D eigenvalue weighted by Crippen LogP contribution is 2.44. The number of aliphatic hydroxyl groups is 1. The first-order chi connectivity index (χ1) is 22.4. The van der Waals surface area contributed by atoms with Gasteiger partial charge in [-0.05, 0) is 76.3 Å². The molecule has 1 aliphatic carbocycles. The molecule has 3 aromatic rings. The van der Waals surface area contributed by atoms with Gasteiger partial charge in [-0.3, -0.25) is 9.59 Å². The van der Waals surface area contributed by atoms with E-state index in [1.165, 1.54) is 12.1 Å². The molecule has 1 aliphatic rings. The van der Waals surface area contributed by atoms with Crippen molar-refractivity contribution in [1.29, 1.82) is 0 Å². The fraction of sp³-hybridized carbons (Fsp3) is 0.432. The van der Waals surface area contributed by atoms with E-state index < -0.39 is 35.0 Å². The molecule has 2 amide bonds. The average Bonchev–Trinajstić information content (AvgIpc) is 3.31. The second-order valence-corrected chi connectivity index (χ2v) is 12.6. The van der Waals surface area contributed by atoms with E-state index >= 15 is 0 Å². The molecule has 0 spiro atoms. The minimum absolute atomic E-state index is 0.0377. The Bertz CT molecular complexity index is 1610. The summed E-state index contributed by atoms with van der Waals surface area (Å²) in [5, 5.41) is 19.9. The first-order valence-corrected chi connectivity index (χ1v) is 16.3. The van der Waals surface area contributed by atoms with Crippen LogP contribution in [0.3, 0.4) is 0 Å². The van der Waals surface area contributed by atoms with E-state index in [1.54, 1.807) is 24.0 Å². The Balaban J connectivity index is 1.66. The Morgan fingerprint density at radius 1 is 1.06 bits per heavy atom. The number of aliphatic hydroxyl groups excluding tert-OH is 1. The molecule has 0 bridgehead atoms. The number of aryl methyl sites for hydroxylation is 1. The lowest BCUT2D eigenvalue weighted by molar-refractivity contribution is -0.132.